The lowest BCUT2D eigenvalue weighted by molar-refractivity contribution is -0.173. The van der Waals surface area contributed by atoms with E-state index in [9.17, 15) is 18.0 Å². The summed E-state index contributed by atoms with van der Waals surface area (Å²) < 4.78 is 46.5. The molecule has 3 heterocycles. The summed E-state index contributed by atoms with van der Waals surface area (Å²) >= 11 is 1.20. The van der Waals surface area contributed by atoms with E-state index in [0.717, 1.165) is 9.71 Å². The van der Waals surface area contributed by atoms with Gasteiger partial charge in [-0.1, -0.05) is 35.6 Å². The summed E-state index contributed by atoms with van der Waals surface area (Å²) in [5.74, 6) is -2.13. The van der Waals surface area contributed by atoms with Gasteiger partial charge < -0.3 is 4.74 Å². The first-order valence-electron chi connectivity index (χ1n) is 8.50. The third kappa shape index (κ3) is 2.57. The Labute approximate surface area is 161 Å². The zero-order valence-electron chi connectivity index (χ0n) is 14.2. The number of fused-ring (bicyclic) bond motifs is 4. The smallest absolute Gasteiger partial charge is 0.452 e. The second-order valence-electron chi connectivity index (χ2n) is 6.51. The summed E-state index contributed by atoms with van der Waals surface area (Å²) in [6, 6.07) is 12.7. The van der Waals surface area contributed by atoms with Gasteiger partial charge in [-0.2, -0.15) is 18.3 Å². The summed E-state index contributed by atoms with van der Waals surface area (Å²) in [7, 11) is 0. The molecule has 2 atom stereocenters. The summed E-state index contributed by atoms with van der Waals surface area (Å²) in [5, 5.41) is 5.80. The van der Waals surface area contributed by atoms with Crippen LogP contribution in [-0.2, 0) is 4.79 Å². The first-order chi connectivity index (χ1) is 13.4. The molecule has 0 N–H and O–H groups in total. The molecule has 142 valence electrons. The van der Waals surface area contributed by atoms with Crippen molar-refractivity contribution in [1.82, 2.24) is 4.98 Å². The zero-order valence-corrected chi connectivity index (χ0v) is 15.0. The second kappa shape index (κ2) is 6.03. The van der Waals surface area contributed by atoms with Crippen molar-refractivity contribution >= 4 is 38.2 Å². The Bertz CT molecular complexity index is 1090. The normalized spacial score (nSPS) is 21.1. The van der Waals surface area contributed by atoms with Gasteiger partial charge >= 0.3 is 6.18 Å². The van der Waals surface area contributed by atoms with Crippen LogP contribution in [0.1, 0.15) is 5.56 Å². The highest BCUT2D eigenvalue weighted by Crippen LogP contribution is 2.41. The van der Waals surface area contributed by atoms with Gasteiger partial charge in [0.25, 0.3) is 5.78 Å². The molecular weight excluding hydrogens is 391 g/mol. The number of aromatic nitrogens is 1. The molecule has 2 aromatic carbocycles. The van der Waals surface area contributed by atoms with Crippen molar-refractivity contribution in [3.05, 3.63) is 54.1 Å². The quantitative estimate of drug-likeness (QED) is 0.648. The van der Waals surface area contributed by atoms with E-state index in [1.165, 1.54) is 11.3 Å². The van der Waals surface area contributed by atoms with Crippen LogP contribution < -0.4 is 9.75 Å². The molecule has 0 amide bonds. The van der Waals surface area contributed by atoms with Crippen LogP contribution in [0.5, 0.6) is 5.75 Å². The number of anilines is 1. The fourth-order valence-electron chi connectivity index (χ4n) is 3.56. The number of ketones is 1. The number of Topliss-reactive ketones (excluding diaryl/α,β-unsaturated/α-hetero) is 1. The van der Waals surface area contributed by atoms with E-state index in [4.69, 9.17) is 4.74 Å². The van der Waals surface area contributed by atoms with Crippen LogP contribution in [0.4, 0.5) is 18.3 Å². The van der Waals surface area contributed by atoms with Gasteiger partial charge in [0.2, 0.25) is 5.13 Å². The molecule has 1 aromatic heterocycles. The van der Waals surface area contributed by atoms with Crippen LogP contribution in [0.25, 0.3) is 10.2 Å². The molecule has 3 aromatic rings. The predicted molar refractivity (Wildman–Crippen MR) is 98.9 cm³/mol. The molecule has 0 saturated carbocycles. The minimum atomic E-state index is -4.98. The van der Waals surface area contributed by atoms with Crippen LogP contribution in [0.2, 0.25) is 0 Å². The van der Waals surface area contributed by atoms with Crippen LogP contribution in [0.3, 0.4) is 0 Å². The Balaban J connectivity index is 1.66. The van der Waals surface area contributed by atoms with E-state index in [0.29, 0.717) is 22.5 Å². The Morgan fingerprint density at radius 3 is 2.68 bits per heavy atom. The average molecular weight is 403 g/mol. The fourth-order valence-corrected chi connectivity index (χ4v) is 4.51. The van der Waals surface area contributed by atoms with E-state index in [1.807, 2.05) is 12.1 Å². The number of para-hydroxylation sites is 2. The van der Waals surface area contributed by atoms with Gasteiger partial charge in [0.15, 0.2) is 0 Å². The van der Waals surface area contributed by atoms with Crippen molar-refractivity contribution in [2.75, 3.05) is 11.6 Å². The molecule has 28 heavy (non-hydrogen) atoms. The number of hydrogen-bond donors (Lipinski definition) is 0. The summed E-state index contributed by atoms with van der Waals surface area (Å²) in [6.45, 7) is -0.0519. The molecule has 2 unspecified atom stereocenters. The molecule has 0 fully saturated rings. The molecule has 0 saturated heterocycles. The number of halogens is 3. The van der Waals surface area contributed by atoms with Crippen molar-refractivity contribution in [3.8, 4) is 5.75 Å². The van der Waals surface area contributed by atoms with E-state index >= 15 is 0 Å². The molecule has 5 nitrogen and oxygen atoms in total. The van der Waals surface area contributed by atoms with Crippen LogP contribution in [-0.4, -0.2) is 35.3 Å². The van der Waals surface area contributed by atoms with Crippen molar-refractivity contribution in [1.29, 1.82) is 0 Å². The van der Waals surface area contributed by atoms with Crippen LogP contribution in [0, 0.1) is 5.92 Å². The fraction of sp³-hybridized carbons (Fsp3) is 0.211. The highest BCUT2D eigenvalue weighted by atomic mass is 32.1. The molecule has 2 aliphatic rings. The first kappa shape index (κ1) is 17.2. The highest BCUT2D eigenvalue weighted by Gasteiger charge is 2.55. The number of thiazole rings is 1. The molecule has 9 heteroatoms. The van der Waals surface area contributed by atoms with Gasteiger partial charge in [-0.15, -0.1) is 0 Å². The van der Waals surface area contributed by atoms with Gasteiger partial charge in [0, 0.05) is 5.56 Å². The molecule has 0 radical (unpaired) electrons. The van der Waals surface area contributed by atoms with E-state index in [-0.39, 0.29) is 11.7 Å². The molecule has 0 spiro atoms. The third-order valence-electron chi connectivity index (χ3n) is 4.82. The summed E-state index contributed by atoms with van der Waals surface area (Å²) in [4.78, 5) is 16.7. The van der Waals surface area contributed by atoms with Gasteiger partial charge in [-0.25, -0.2) is 9.99 Å². The van der Waals surface area contributed by atoms with Crippen molar-refractivity contribution < 1.29 is 22.7 Å². The zero-order chi connectivity index (χ0) is 19.5. The lowest BCUT2D eigenvalue weighted by Gasteiger charge is -2.28. The van der Waals surface area contributed by atoms with E-state index in [1.54, 1.807) is 36.4 Å². The molecule has 2 aliphatic heterocycles. The maximum absolute atomic E-state index is 13.4. The minimum absolute atomic E-state index is 0.0519. The second-order valence-corrected chi connectivity index (χ2v) is 7.52. The molecule has 0 aliphatic carbocycles. The van der Waals surface area contributed by atoms with E-state index in [2.05, 4.69) is 10.1 Å². The third-order valence-corrected chi connectivity index (χ3v) is 5.85. The average Bonchev–Trinajstić information content (AvgIpc) is 3.27. The lowest BCUT2D eigenvalue weighted by Crippen LogP contribution is -2.49. The Hall–Kier alpha value is -2.94. The summed E-state index contributed by atoms with van der Waals surface area (Å²) in [5.41, 5.74) is 1.67. The molecule has 5 rings (SSSR count). The van der Waals surface area contributed by atoms with Crippen LogP contribution in [0.15, 0.2) is 53.6 Å². The Morgan fingerprint density at radius 2 is 1.89 bits per heavy atom. The first-order valence-corrected chi connectivity index (χ1v) is 9.31. The largest absolute Gasteiger partial charge is 0.492 e. The number of carbonyl (C=O) groups excluding carboxylic acids is 1. The molecule has 0 bridgehead atoms. The Morgan fingerprint density at radius 1 is 1.14 bits per heavy atom. The SMILES string of the molecule is O=C(C1C2COc3ccccc3C2=NN1c1nc2ccccc2s1)C(F)(F)F. The van der Waals surface area contributed by atoms with Gasteiger partial charge in [0.05, 0.1) is 28.5 Å². The molecular formula is C19H12F3N3O2S. The maximum atomic E-state index is 13.4. The van der Waals surface area contributed by atoms with Gasteiger partial charge in [-0.3, -0.25) is 4.79 Å². The number of hydrogen-bond acceptors (Lipinski definition) is 6. The lowest BCUT2D eigenvalue weighted by atomic mass is 9.87. The van der Waals surface area contributed by atoms with Gasteiger partial charge in [0.1, 0.15) is 11.8 Å². The van der Waals surface area contributed by atoms with Crippen molar-refractivity contribution in [3.63, 3.8) is 0 Å². The van der Waals surface area contributed by atoms with E-state index < -0.39 is 23.9 Å². The minimum Gasteiger partial charge on any atom is -0.492 e. The number of alkyl halides is 3. The topological polar surface area (TPSA) is 54.8 Å². The van der Waals surface area contributed by atoms with Crippen molar-refractivity contribution in [2.24, 2.45) is 11.0 Å². The highest BCUT2D eigenvalue weighted by molar-refractivity contribution is 7.22. The van der Waals surface area contributed by atoms with Crippen molar-refractivity contribution in [2.45, 2.75) is 12.2 Å². The Kier molecular flexibility index (Phi) is 3.70. The number of ether oxygens (including phenoxy) is 1. The summed E-state index contributed by atoms with van der Waals surface area (Å²) in [6.07, 6.45) is -4.98. The number of carbonyl (C=O) groups is 1. The number of rotatable bonds is 2. The predicted octanol–water partition coefficient (Wildman–Crippen LogP) is 4.03. The standard InChI is InChI=1S/C19H12F3N3O2S/c20-19(21,22)17(26)16-11-9-27-13-7-3-1-5-10(13)15(11)24-25(16)18-23-12-6-2-4-8-14(12)28-18/h1-8,11,16H,9H2. The van der Waals surface area contributed by atoms with Gasteiger partial charge in [-0.05, 0) is 24.3 Å². The van der Waals surface area contributed by atoms with Crippen LogP contribution >= 0.6 is 11.3 Å². The maximum Gasteiger partial charge on any atom is 0.452 e. The number of nitrogens with zero attached hydrogens (tertiary/aromatic N) is 3. The monoisotopic (exact) mass is 403 g/mol. The number of hydrazone groups is 1. The number of benzene rings is 2.